The Morgan fingerprint density at radius 2 is 2.11 bits per heavy atom. The van der Waals surface area contributed by atoms with Crippen LogP contribution in [0.3, 0.4) is 0 Å². The van der Waals surface area contributed by atoms with Gasteiger partial charge < -0.3 is 10.5 Å². The molecule has 0 saturated heterocycles. The van der Waals surface area contributed by atoms with Gasteiger partial charge in [0.15, 0.2) is 5.69 Å². The Labute approximate surface area is 107 Å². The van der Waals surface area contributed by atoms with Crippen LogP contribution in [0, 0.1) is 0 Å². The van der Waals surface area contributed by atoms with E-state index >= 15 is 0 Å². The van der Waals surface area contributed by atoms with E-state index < -0.39 is 0 Å². The van der Waals surface area contributed by atoms with Crippen molar-refractivity contribution in [2.45, 2.75) is 6.92 Å². The average Bonchev–Trinajstić information content (AvgIpc) is 2.92. The summed E-state index contributed by atoms with van der Waals surface area (Å²) in [5, 5.41) is 19.7. The number of oxime groups is 1. The number of benzene rings is 1. The Hall–Kier alpha value is -2.28. The zero-order valence-electron chi connectivity index (χ0n) is 9.49. The van der Waals surface area contributed by atoms with Crippen LogP contribution in [-0.2, 0) is 0 Å². The number of anilines is 1. The van der Waals surface area contributed by atoms with Gasteiger partial charge in [0.1, 0.15) is 0 Å². The Balaban J connectivity index is 2.09. The van der Waals surface area contributed by atoms with Crippen LogP contribution in [-0.4, -0.2) is 26.4 Å². The van der Waals surface area contributed by atoms with E-state index in [4.69, 9.17) is 5.21 Å². The maximum atomic E-state index is 11.7. The molecule has 1 heterocycles. The minimum atomic E-state index is -0.302. The van der Waals surface area contributed by atoms with Gasteiger partial charge >= 0.3 is 0 Å². The standard InChI is InChI=1S/C11H10N4O2S/c1-7(14-17)8-2-4-9(5-3-8)12-11(16)10-6-18-15-13-10/h2-6,17H,1H3,(H,12,16). The molecular weight excluding hydrogens is 252 g/mol. The minimum absolute atomic E-state index is 0.289. The van der Waals surface area contributed by atoms with Crippen molar-refractivity contribution in [1.82, 2.24) is 9.59 Å². The first-order valence-electron chi connectivity index (χ1n) is 5.08. The fourth-order valence-electron chi connectivity index (χ4n) is 1.31. The molecule has 18 heavy (non-hydrogen) atoms. The molecule has 0 saturated carbocycles. The number of nitrogens with zero attached hydrogens (tertiary/aromatic N) is 3. The first-order valence-corrected chi connectivity index (χ1v) is 5.92. The lowest BCUT2D eigenvalue weighted by molar-refractivity contribution is 0.102. The highest BCUT2D eigenvalue weighted by atomic mass is 32.1. The van der Waals surface area contributed by atoms with E-state index in [1.54, 1.807) is 36.6 Å². The highest BCUT2D eigenvalue weighted by Crippen LogP contribution is 2.11. The molecule has 0 aliphatic heterocycles. The van der Waals surface area contributed by atoms with Gasteiger partial charge in [-0.3, -0.25) is 4.79 Å². The van der Waals surface area contributed by atoms with Crippen molar-refractivity contribution in [3.63, 3.8) is 0 Å². The van der Waals surface area contributed by atoms with Gasteiger partial charge in [-0.15, -0.1) is 5.10 Å². The third kappa shape index (κ3) is 2.69. The molecular formula is C11H10N4O2S. The molecule has 1 amide bonds. The molecule has 0 unspecified atom stereocenters. The van der Waals surface area contributed by atoms with E-state index in [1.165, 1.54) is 0 Å². The van der Waals surface area contributed by atoms with Gasteiger partial charge in [-0.1, -0.05) is 21.8 Å². The summed E-state index contributed by atoms with van der Waals surface area (Å²) in [5.41, 5.74) is 2.22. The first-order chi connectivity index (χ1) is 8.70. The average molecular weight is 262 g/mol. The predicted molar refractivity (Wildman–Crippen MR) is 68.3 cm³/mol. The molecule has 0 bridgehead atoms. The van der Waals surface area contributed by atoms with Gasteiger partial charge in [-0.05, 0) is 36.2 Å². The van der Waals surface area contributed by atoms with Crippen LogP contribution >= 0.6 is 11.5 Å². The van der Waals surface area contributed by atoms with Crippen molar-refractivity contribution in [1.29, 1.82) is 0 Å². The highest BCUT2D eigenvalue weighted by molar-refractivity contribution is 7.03. The largest absolute Gasteiger partial charge is 0.411 e. The lowest BCUT2D eigenvalue weighted by Gasteiger charge is -2.04. The first kappa shape index (κ1) is 12.2. The molecule has 2 N–H and O–H groups in total. The third-order valence-electron chi connectivity index (χ3n) is 2.30. The molecule has 0 aliphatic rings. The number of hydrogen-bond acceptors (Lipinski definition) is 6. The summed E-state index contributed by atoms with van der Waals surface area (Å²) in [7, 11) is 0. The highest BCUT2D eigenvalue weighted by Gasteiger charge is 2.08. The quantitative estimate of drug-likeness (QED) is 0.503. The van der Waals surface area contributed by atoms with Crippen LogP contribution in [0.4, 0.5) is 5.69 Å². The topological polar surface area (TPSA) is 87.5 Å². The van der Waals surface area contributed by atoms with Gasteiger partial charge in [-0.2, -0.15) is 0 Å². The number of amides is 1. The van der Waals surface area contributed by atoms with Crippen LogP contribution in [0.2, 0.25) is 0 Å². The molecule has 1 aromatic heterocycles. The van der Waals surface area contributed by atoms with E-state index in [0.717, 1.165) is 17.1 Å². The van der Waals surface area contributed by atoms with Crippen molar-refractivity contribution >= 4 is 28.8 Å². The van der Waals surface area contributed by atoms with Gasteiger partial charge in [0.05, 0.1) is 5.71 Å². The molecule has 92 valence electrons. The fourth-order valence-corrected chi connectivity index (χ4v) is 1.75. The number of aromatic nitrogens is 2. The van der Waals surface area contributed by atoms with E-state index in [9.17, 15) is 4.79 Å². The maximum Gasteiger partial charge on any atom is 0.277 e. The molecule has 0 atom stereocenters. The third-order valence-corrected chi connectivity index (χ3v) is 2.81. The summed E-state index contributed by atoms with van der Waals surface area (Å²) in [5.74, 6) is -0.302. The monoisotopic (exact) mass is 262 g/mol. The Morgan fingerprint density at radius 1 is 1.39 bits per heavy atom. The molecule has 0 radical (unpaired) electrons. The smallest absolute Gasteiger partial charge is 0.277 e. The number of rotatable bonds is 3. The Kier molecular flexibility index (Phi) is 3.63. The van der Waals surface area contributed by atoms with E-state index in [2.05, 4.69) is 20.1 Å². The number of carbonyl (C=O) groups excluding carboxylic acids is 1. The minimum Gasteiger partial charge on any atom is -0.411 e. The van der Waals surface area contributed by atoms with Crippen LogP contribution in [0.25, 0.3) is 0 Å². The molecule has 0 spiro atoms. The van der Waals surface area contributed by atoms with E-state index in [0.29, 0.717) is 11.4 Å². The maximum absolute atomic E-state index is 11.7. The second-order valence-electron chi connectivity index (χ2n) is 3.51. The van der Waals surface area contributed by atoms with E-state index in [1.807, 2.05) is 0 Å². The number of hydrogen-bond donors (Lipinski definition) is 2. The molecule has 1 aromatic carbocycles. The Morgan fingerprint density at radius 3 is 2.67 bits per heavy atom. The molecule has 2 aromatic rings. The second kappa shape index (κ2) is 5.37. The zero-order valence-corrected chi connectivity index (χ0v) is 10.3. The SMILES string of the molecule is CC(=NO)c1ccc(NC(=O)c2csnn2)cc1. The molecule has 0 fully saturated rings. The fraction of sp³-hybridized carbons (Fsp3) is 0.0909. The van der Waals surface area contributed by atoms with Crippen LogP contribution in [0.15, 0.2) is 34.8 Å². The number of carbonyl (C=O) groups is 1. The summed E-state index contributed by atoms with van der Waals surface area (Å²) in [4.78, 5) is 11.7. The normalized spacial score (nSPS) is 11.3. The molecule has 0 aliphatic carbocycles. The lowest BCUT2D eigenvalue weighted by atomic mass is 10.1. The number of nitrogens with one attached hydrogen (secondary N) is 1. The molecule has 2 rings (SSSR count). The van der Waals surface area contributed by atoms with Crippen LogP contribution in [0.5, 0.6) is 0 Å². The van der Waals surface area contributed by atoms with Gasteiger partial charge in [-0.25, -0.2) is 0 Å². The Bertz CT molecular complexity index is 563. The summed E-state index contributed by atoms with van der Waals surface area (Å²) in [6.07, 6.45) is 0. The van der Waals surface area contributed by atoms with Crippen molar-refractivity contribution in [3.05, 3.63) is 40.9 Å². The van der Waals surface area contributed by atoms with Crippen LogP contribution < -0.4 is 5.32 Å². The molecule has 7 heteroatoms. The van der Waals surface area contributed by atoms with Crippen molar-refractivity contribution < 1.29 is 10.0 Å². The van der Waals surface area contributed by atoms with E-state index in [-0.39, 0.29) is 11.6 Å². The van der Waals surface area contributed by atoms with Gasteiger partial charge in [0, 0.05) is 11.1 Å². The lowest BCUT2D eigenvalue weighted by Crippen LogP contribution is -2.12. The summed E-state index contributed by atoms with van der Waals surface area (Å²) < 4.78 is 3.62. The summed E-state index contributed by atoms with van der Waals surface area (Å²) >= 11 is 1.12. The summed E-state index contributed by atoms with van der Waals surface area (Å²) in [6, 6.07) is 6.96. The summed E-state index contributed by atoms with van der Waals surface area (Å²) in [6.45, 7) is 1.69. The van der Waals surface area contributed by atoms with Gasteiger partial charge in [0.2, 0.25) is 0 Å². The van der Waals surface area contributed by atoms with Crippen molar-refractivity contribution in [2.75, 3.05) is 5.32 Å². The van der Waals surface area contributed by atoms with Crippen molar-refractivity contribution in [2.24, 2.45) is 5.16 Å². The zero-order chi connectivity index (χ0) is 13.0. The predicted octanol–water partition coefficient (Wildman–Crippen LogP) is 1.99. The second-order valence-corrected chi connectivity index (χ2v) is 4.12. The van der Waals surface area contributed by atoms with Crippen molar-refractivity contribution in [3.8, 4) is 0 Å². The van der Waals surface area contributed by atoms with Gasteiger partial charge in [0.25, 0.3) is 5.91 Å². The molecule has 6 nitrogen and oxygen atoms in total. The van der Waals surface area contributed by atoms with Crippen LogP contribution in [0.1, 0.15) is 23.0 Å².